The van der Waals surface area contributed by atoms with Gasteiger partial charge in [-0.25, -0.2) is 4.79 Å². The summed E-state index contributed by atoms with van der Waals surface area (Å²) in [7, 11) is 0. The average Bonchev–Trinajstić information content (AvgIpc) is 2.98. The fourth-order valence-corrected chi connectivity index (χ4v) is 5.35. The maximum atomic E-state index is 12.7. The summed E-state index contributed by atoms with van der Waals surface area (Å²) in [6.07, 6.45) is 7.49. The fourth-order valence-electron chi connectivity index (χ4n) is 3.59. The Morgan fingerprint density at radius 1 is 1.24 bits per heavy atom. The van der Waals surface area contributed by atoms with Crippen molar-refractivity contribution in [1.29, 1.82) is 0 Å². The van der Waals surface area contributed by atoms with Gasteiger partial charge in [-0.05, 0) is 74.5 Å². The van der Waals surface area contributed by atoms with Gasteiger partial charge in [-0.15, -0.1) is 11.3 Å². The number of thiocarbonyl (C=S) groups is 1. The molecule has 0 unspecified atom stereocenters. The highest BCUT2D eigenvalue weighted by atomic mass is 35.5. The lowest BCUT2D eigenvalue weighted by molar-refractivity contribution is 0.0526. The van der Waals surface area contributed by atoms with E-state index in [1.54, 1.807) is 11.3 Å². The normalized spacial score (nSPS) is 13.7. The lowest BCUT2D eigenvalue weighted by atomic mass is 9.96. The Morgan fingerprint density at radius 2 is 2.03 bits per heavy atom. The molecule has 2 N–H and O–H groups in total. The molecule has 1 aromatic heterocycles. The van der Waals surface area contributed by atoms with Crippen LogP contribution in [0.25, 0.3) is 0 Å². The van der Waals surface area contributed by atoms with Crippen LogP contribution in [0.5, 0.6) is 0 Å². The Morgan fingerprint density at radius 3 is 2.79 bits per heavy atom. The van der Waals surface area contributed by atoms with Crippen molar-refractivity contribution in [3.63, 3.8) is 0 Å². The van der Waals surface area contributed by atoms with E-state index >= 15 is 0 Å². The number of hydrogen-bond acceptors (Lipinski definition) is 4. The van der Waals surface area contributed by atoms with Crippen LogP contribution in [0.4, 0.5) is 5.00 Å². The number of carbonyl (C=O) groups excluding carboxylic acids is 1. The SMILES string of the molecule is CCOC(=O)c1c(NC(=S)NCCc2cccc(Cl)c2)sc2c1CCCCCC2. The molecular weight excluding hydrogens is 424 g/mol. The molecule has 156 valence electrons. The maximum Gasteiger partial charge on any atom is 0.341 e. The number of carbonyl (C=O) groups is 1. The third-order valence-electron chi connectivity index (χ3n) is 4.97. The van der Waals surface area contributed by atoms with Crippen LogP contribution in [-0.4, -0.2) is 24.2 Å². The lowest BCUT2D eigenvalue weighted by Crippen LogP contribution is -2.30. The molecule has 29 heavy (non-hydrogen) atoms. The van der Waals surface area contributed by atoms with Crippen LogP contribution in [0.2, 0.25) is 5.02 Å². The van der Waals surface area contributed by atoms with Crippen molar-refractivity contribution in [3.05, 3.63) is 50.9 Å². The summed E-state index contributed by atoms with van der Waals surface area (Å²) < 4.78 is 5.35. The Kier molecular flexibility index (Phi) is 8.33. The molecule has 0 saturated heterocycles. The lowest BCUT2D eigenvalue weighted by Gasteiger charge is -2.12. The van der Waals surface area contributed by atoms with Crippen molar-refractivity contribution in [1.82, 2.24) is 5.32 Å². The van der Waals surface area contributed by atoms with Gasteiger partial charge < -0.3 is 15.4 Å². The van der Waals surface area contributed by atoms with Crippen LogP contribution in [0.3, 0.4) is 0 Å². The highest BCUT2D eigenvalue weighted by molar-refractivity contribution is 7.80. The molecule has 0 radical (unpaired) electrons. The minimum atomic E-state index is -0.255. The molecule has 3 rings (SSSR count). The molecule has 7 heteroatoms. The summed E-state index contributed by atoms with van der Waals surface area (Å²) in [6, 6.07) is 7.81. The van der Waals surface area contributed by atoms with E-state index in [9.17, 15) is 4.79 Å². The van der Waals surface area contributed by atoms with E-state index in [-0.39, 0.29) is 5.97 Å². The van der Waals surface area contributed by atoms with E-state index in [1.165, 1.54) is 17.7 Å². The summed E-state index contributed by atoms with van der Waals surface area (Å²) >= 11 is 13.2. The third kappa shape index (κ3) is 6.17. The minimum absolute atomic E-state index is 0.255. The number of aryl methyl sites for hydroxylation is 1. The molecule has 0 fully saturated rings. The van der Waals surface area contributed by atoms with Crippen molar-refractivity contribution in [2.45, 2.75) is 51.9 Å². The fraction of sp³-hybridized carbons (Fsp3) is 0.455. The second-order valence-corrected chi connectivity index (χ2v) is 9.05. The van der Waals surface area contributed by atoms with Gasteiger partial charge in [-0.2, -0.15) is 0 Å². The maximum absolute atomic E-state index is 12.7. The van der Waals surface area contributed by atoms with Gasteiger partial charge in [0.25, 0.3) is 0 Å². The first kappa shape index (κ1) is 22.1. The number of benzene rings is 1. The second-order valence-electron chi connectivity index (χ2n) is 7.10. The first-order valence-electron chi connectivity index (χ1n) is 10.2. The number of halogens is 1. The Bertz CT molecular complexity index is 866. The van der Waals surface area contributed by atoms with Crippen molar-refractivity contribution >= 4 is 51.2 Å². The minimum Gasteiger partial charge on any atom is -0.462 e. The third-order valence-corrected chi connectivity index (χ3v) is 6.65. The van der Waals surface area contributed by atoms with E-state index in [0.29, 0.717) is 23.8 Å². The van der Waals surface area contributed by atoms with Gasteiger partial charge in [-0.1, -0.05) is 36.6 Å². The Labute approximate surface area is 187 Å². The number of fused-ring (bicyclic) bond motifs is 1. The van der Waals surface area contributed by atoms with Crippen LogP contribution in [0.15, 0.2) is 24.3 Å². The number of rotatable bonds is 6. The van der Waals surface area contributed by atoms with E-state index in [0.717, 1.165) is 53.3 Å². The van der Waals surface area contributed by atoms with Crippen LogP contribution in [-0.2, 0) is 24.0 Å². The number of anilines is 1. The predicted molar refractivity (Wildman–Crippen MR) is 126 cm³/mol. The molecule has 4 nitrogen and oxygen atoms in total. The molecular formula is C22H27ClN2O2S2. The molecule has 0 saturated carbocycles. The molecule has 1 heterocycles. The molecule has 0 aliphatic heterocycles. The van der Waals surface area contributed by atoms with Gasteiger partial charge >= 0.3 is 5.97 Å². The van der Waals surface area contributed by atoms with Crippen LogP contribution >= 0.6 is 35.2 Å². The second kappa shape index (κ2) is 11.0. The zero-order valence-corrected chi connectivity index (χ0v) is 19.1. The van der Waals surface area contributed by atoms with Crippen LogP contribution < -0.4 is 10.6 Å². The number of hydrogen-bond donors (Lipinski definition) is 2. The predicted octanol–water partition coefficient (Wildman–Crippen LogP) is 5.77. The van der Waals surface area contributed by atoms with Gasteiger partial charge in [0.05, 0.1) is 12.2 Å². The number of ether oxygens (including phenoxy) is 1. The molecule has 1 aliphatic rings. The average molecular weight is 451 g/mol. The summed E-state index contributed by atoms with van der Waals surface area (Å²) in [4.78, 5) is 14.0. The van der Waals surface area contributed by atoms with Crippen LogP contribution in [0.1, 0.15) is 59.0 Å². The summed E-state index contributed by atoms with van der Waals surface area (Å²) in [5.41, 5.74) is 2.98. The highest BCUT2D eigenvalue weighted by Crippen LogP contribution is 2.37. The van der Waals surface area contributed by atoms with Gasteiger partial charge in [0, 0.05) is 16.4 Å². The zero-order chi connectivity index (χ0) is 20.6. The number of esters is 1. The van der Waals surface area contributed by atoms with E-state index in [2.05, 4.69) is 10.6 Å². The molecule has 1 aromatic carbocycles. The molecule has 0 bridgehead atoms. The molecule has 0 spiro atoms. The topological polar surface area (TPSA) is 50.4 Å². The van der Waals surface area contributed by atoms with E-state index < -0.39 is 0 Å². The van der Waals surface area contributed by atoms with Gasteiger partial charge in [0.15, 0.2) is 5.11 Å². The molecule has 1 aliphatic carbocycles. The first-order chi connectivity index (χ1) is 14.1. The largest absolute Gasteiger partial charge is 0.462 e. The van der Waals surface area contributed by atoms with Crippen molar-refractivity contribution in [2.75, 3.05) is 18.5 Å². The van der Waals surface area contributed by atoms with Gasteiger partial charge in [0.1, 0.15) is 5.00 Å². The Hall–Kier alpha value is -1.63. The van der Waals surface area contributed by atoms with E-state index in [4.69, 9.17) is 28.6 Å². The number of nitrogens with one attached hydrogen (secondary N) is 2. The summed E-state index contributed by atoms with van der Waals surface area (Å²) in [5, 5.41) is 8.55. The first-order valence-corrected chi connectivity index (χ1v) is 11.8. The Balaban J connectivity index is 1.68. The number of thiophene rings is 1. The van der Waals surface area contributed by atoms with Crippen molar-refractivity contribution in [3.8, 4) is 0 Å². The smallest absolute Gasteiger partial charge is 0.341 e. The zero-order valence-electron chi connectivity index (χ0n) is 16.7. The summed E-state index contributed by atoms with van der Waals surface area (Å²) in [6.45, 7) is 2.89. The van der Waals surface area contributed by atoms with Crippen LogP contribution in [0, 0.1) is 0 Å². The van der Waals surface area contributed by atoms with Crippen molar-refractivity contribution < 1.29 is 9.53 Å². The monoisotopic (exact) mass is 450 g/mol. The van der Waals surface area contributed by atoms with Gasteiger partial charge in [-0.3, -0.25) is 0 Å². The molecule has 0 amide bonds. The molecule has 2 aromatic rings. The van der Waals surface area contributed by atoms with Crippen molar-refractivity contribution in [2.24, 2.45) is 0 Å². The summed E-state index contributed by atoms with van der Waals surface area (Å²) in [5.74, 6) is -0.255. The molecule has 0 atom stereocenters. The van der Waals surface area contributed by atoms with E-state index in [1.807, 2.05) is 31.2 Å². The van der Waals surface area contributed by atoms with Gasteiger partial charge in [0.2, 0.25) is 0 Å². The quantitative estimate of drug-likeness (QED) is 0.432. The standard InChI is InChI=1S/C22H27ClN2O2S2/c1-2-27-21(26)19-17-10-5-3-4-6-11-18(17)29-20(19)25-22(28)24-13-12-15-8-7-9-16(23)14-15/h7-9,14H,2-6,10-13H2,1H3,(H2,24,25,28). The highest BCUT2D eigenvalue weighted by Gasteiger charge is 2.25.